The summed E-state index contributed by atoms with van der Waals surface area (Å²) >= 11 is 18.2. The third-order valence-electron chi connectivity index (χ3n) is 2.52. The van der Waals surface area contributed by atoms with Crippen LogP contribution in [0.2, 0.25) is 15.2 Å². The number of fused-ring (bicyclic) bond motifs is 1. The average Bonchev–Trinajstić information content (AvgIpc) is 2.81. The molecule has 1 aromatic carbocycles. The van der Waals surface area contributed by atoms with Crippen molar-refractivity contribution in [2.75, 3.05) is 0 Å². The van der Waals surface area contributed by atoms with Crippen molar-refractivity contribution in [1.29, 1.82) is 0 Å². The van der Waals surface area contributed by atoms with Crippen molar-refractivity contribution in [3.8, 4) is 11.3 Å². The quantitative estimate of drug-likeness (QED) is 0.625. The highest BCUT2D eigenvalue weighted by Crippen LogP contribution is 2.30. The number of aromatic nitrogens is 3. The molecule has 0 fully saturated rings. The van der Waals surface area contributed by atoms with Crippen molar-refractivity contribution in [3.05, 3.63) is 51.7 Å². The van der Waals surface area contributed by atoms with E-state index >= 15 is 0 Å². The van der Waals surface area contributed by atoms with Crippen LogP contribution in [0.4, 0.5) is 0 Å². The second-order valence-electron chi connectivity index (χ2n) is 3.69. The third kappa shape index (κ3) is 1.94. The Morgan fingerprint density at radius 3 is 2.67 bits per heavy atom. The minimum atomic E-state index is 0.469. The molecule has 0 radical (unpaired) electrons. The molecule has 90 valence electrons. The highest BCUT2D eigenvalue weighted by Gasteiger charge is 2.10. The predicted octanol–water partition coefficient (Wildman–Crippen LogP) is 4.36. The average molecular weight is 299 g/mol. The van der Waals surface area contributed by atoms with Crippen LogP contribution in [0.25, 0.3) is 16.9 Å². The molecule has 18 heavy (non-hydrogen) atoms. The monoisotopic (exact) mass is 297 g/mol. The van der Waals surface area contributed by atoms with E-state index in [1.54, 1.807) is 41.0 Å². The zero-order chi connectivity index (χ0) is 12.7. The maximum atomic E-state index is 6.14. The van der Waals surface area contributed by atoms with E-state index in [1.165, 1.54) is 0 Å². The van der Waals surface area contributed by atoms with Gasteiger partial charge in [0.15, 0.2) is 5.65 Å². The van der Waals surface area contributed by atoms with E-state index < -0.39 is 0 Å². The molecule has 0 amide bonds. The molecular weight excluding hydrogens is 293 g/mol. The third-order valence-corrected chi connectivity index (χ3v) is 3.35. The van der Waals surface area contributed by atoms with Gasteiger partial charge in [-0.1, -0.05) is 34.8 Å². The van der Waals surface area contributed by atoms with Gasteiger partial charge in [-0.3, -0.25) is 0 Å². The summed E-state index contributed by atoms with van der Waals surface area (Å²) in [5, 5.41) is 5.70. The highest BCUT2D eigenvalue weighted by molar-refractivity contribution is 6.35. The Morgan fingerprint density at radius 2 is 1.83 bits per heavy atom. The molecule has 0 saturated heterocycles. The van der Waals surface area contributed by atoms with Crippen molar-refractivity contribution in [1.82, 2.24) is 14.6 Å². The van der Waals surface area contributed by atoms with Crippen LogP contribution < -0.4 is 0 Å². The molecule has 3 nitrogen and oxygen atoms in total. The molecule has 0 spiro atoms. The largest absolute Gasteiger partial charge is 0.228 e. The summed E-state index contributed by atoms with van der Waals surface area (Å²) in [6, 6.07) is 8.70. The maximum Gasteiger partial charge on any atom is 0.157 e. The molecule has 2 heterocycles. The number of nitrogens with zero attached hydrogens (tertiary/aromatic N) is 3. The van der Waals surface area contributed by atoms with Crippen LogP contribution in [0.1, 0.15) is 0 Å². The van der Waals surface area contributed by atoms with E-state index in [4.69, 9.17) is 34.8 Å². The first-order valence-corrected chi connectivity index (χ1v) is 6.24. The van der Waals surface area contributed by atoms with Gasteiger partial charge in [0, 0.05) is 22.7 Å². The molecule has 6 heteroatoms. The van der Waals surface area contributed by atoms with E-state index in [0.29, 0.717) is 26.5 Å². The molecule has 0 atom stereocenters. The first-order valence-electron chi connectivity index (χ1n) is 5.11. The molecular formula is C12H6Cl3N3. The highest BCUT2D eigenvalue weighted by atomic mass is 35.5. The van der Waals surface area contributed by atoms with Crippen LogP contribution in [-0.4, -0.2) is 14.6 Å². The molecule has 0 saturated carbocycles. The Kier molecular flexibility index (Phi) is 2.90. The fourth-order valence-corrected chi connectivity index (χ4v) is 2.33. The molecule has 0 unspecified atom stereocenters. The standard InChI is InChI=1S/C12H6Cl3N3/c13-7-1-2-9(14)8(5-7)10-6-11(15)18-12(17-10)3-4-16-18/h1-6H. The second kappa shape index (κ2) is 4.43. The molecule has 0 bridgehead atoms. The van der Waals surface area contributed by atoms with Gasteiger partial charge in [0.25, 0.3) is 0 Å². The normalized spacial score (nSPS) is 11.1. The van der Waals surface area contributed by atoms with E-state index in [-0.39, 0.29) is 0 Å². The van der Waals surface area contributed by atoms with Crippen molar-refractivity contribution in [3.63, 3.8) is 0 Å². The Balaban J connectivity index is 2.27. The van der Waals surface area contributed by atoms with E-state index in [9.17, 15) is 0 Å². The summed E-state index contributed by atoms with van der Waals surface area (Å²) in [5.74, 6) is 0. The molecule has 0 aliphatic carbocycles. The smallest absolute Gasteiger partial charge is 0.157 e. The van der Waals surface area contributed by atoms with E-state index in [2.05, 4.69) is 10.1 Å². The minimum absolute atomic E-state index is 0.469. The molecule has 0 N–H and O–H groups in total. The summed E-state index contributed by atoms with van der Waals surface area (Å²) < 4.78 is 1.55. The summed E-state index contributed by atoms with van der Waals surface area (Å²) in [6.07, 6.45) is 1.64. The number of hydrogen-bond acceptors (Lipinski definition) is 2. The lowest BCUT2D eigenvalue weighted by Gasteiger charge is -2.06. The molecule has 3 rings (SSSR count). The lowest BCUT2D eigenvalue weighted by molar-refractivity contribution is 0.942. The SMILES string of the molecule is Clc1ccc(Cl)c(-c2cc(Cl)n3nccc3n2)c1. The van der Waals surface area contributed by atoms with Gasteiger partial charge in [-0.25, -0.2) is 9.50 Å². The van der Waals surface area contributed by atoms with E-state index in [0.717, 1.165) is 5.56 Å². The maximum absolute atomic E-state index is 6.14. The van der Waals surface area contributed by atoms with Crippen molar-refractivity contribution in [2.45, 2.75) is 0 Å². The van der Waals surface area contributed by atoms with Crippen LogP contribution in [0, 0.1) is 0 Å². The first-order chi connectivity index (χ1) is 8.65. The number of benzene rings is 1. The van der Waals surface area contributed by atoms with Crippen molar-refractivity contribution in [2.24, 2.45) is 0 Å². The van der Waals surface area contributed by atoms with Gasteiger partial charge in [-0.2, -0.15) is 5.10 Å². The summed E-state index contributed by atoms with van der Waals surface area (Å²) in [4.78, 5) is 4.44. The van der Waals surface area contributed by atoms with Crippen LogP contribution in [0.15, 0.2) is 36.5 Å². The summed E-state index contributed by atoms with van der Waals surface area (Å²) in [7, 11) is 0. The van der Waals surface area contributed by atoms with Crippen LogP contribution in [0.3, 0.4) is 0 Å². The molecule has 3 aromatic rings. The van der Waals surface area contributed by atoms with Gasteiger partial charge in [0.1, 0.15) is 5.15 Å². The lowest BCUT2D eigenvalue weighted by Crippen LogP contribution is -1.94. The van der Waals surface area contributed by atoms with Gasteiger partial charge < -0.3 is 0 Å². The van der Waals surface area contributed by atoms with Crippen LogP contribution in [-0.2, 0) is 0 Å². The van der Waals surface area contributed by atoms with Gasteiger partial charge in [0.2, 0.25) is 0 Å². The van der Waals surface area contributed by atoms with Crippen molar-refractivity contribution < 1.29 is 0 Å². The topological polar surface area (TPSA) is 30.2 Å². The Hall–Kier alpha value is -1.29. The Morgan fingerprint density at radius 1 is 1.00 bits per heavy atom. The Bertz CT molecular complexity index is 737. The predicted molar refractivity (Wildman–Crippen MR) is 73.5 cm³/mol. The van der Waals surface area contributed by atoms with Crippen LogP contribution >= 0.6 is 34.8 Å². The van der Waals surface area contributed by atoms with Crippen molar-refractivity contribution >= 4 is 40.4 Å². The second-order valence-corrected chi connectivity index (χ2v) is 4.92. The summed E-state index contributed by atoms with van der Waals surface area (Å²) in [6.45, 7) is 0. The van der Waals surface area contributed by atoms with Gasteiger partial charge in [-0.15, -0.1) is 0 Å². The number of hydrogen-bond donors (Lipinski definition) is 0. The fraction of sp³-hybridized carbons (Fsp3) is 0. The number of rotatable bonds is 1. The van der Waals surface area contributed by atoms with E-state index in [1.807, 2.05) is 0 Å². The first kappa shape index (κ1) is 11.8. The van der Waals surface area contributed by atoms with Gasteiger partial charge in [-0.05, 0) is 18.2 Å². The Labute approximate surface area is 118 Å². The molecule has 0 aliphatic heterocycles. The van der Waals surface area contributed by atoms with Gasteiger partial charge in [0.05, 0.1) is 16.9 Å². The molecule has 0 aliphatic rings. The zero-order valence-corrected chi connectivity index (χ0v) is 11.2. The minimum Gasteiger partial charge on any atom is -0.228 e. The summed E-state index contributed by atoms with van der Waals surface area (Å²) in [5.41, 5.74) is 2.07. The number of halogens is 3. The zero-order valence-electron chi connectivity index (χ0n) is 8.94. The van der Waals surface area contributed by atoms with Gasteiger partial charge >= 0.3 is 0 Å². The lowest BCUT2D eigenvalue weighted by atomic mass is 10.1. The van der Waals surface area contributed by atoms with Crippen LogP contribution in [0.5, 0.6) is 0 Å². The molecule has 2 aromatic heterocycles. The fourth-order valence-electron chi connectivity index (χ4n) is 1.71.